The Bertz CT molecular complexity index is 662. The molecule has 0 atom stereocenters. The summed E-state index contributed by atoms with van der Waals surface area (Å²) in [7, 11) is -3.52. The van der Waals surface area contributed by atoms with Gasteiger partial charge >= 0.3 is 0 Å². The lowest BCUT2D eigenvalue weighted by molar-refractivity contribution is 0.555. The molecule has 0 unspecified atom stereocenters. The molecule has 0 radical (unpaired) electrons. The van der Waals surface area contributed by atoms with Gasteiger partial charge in [0.2, 0.25) is 0 Å². The zero-order valence-electron chi connectivity index (χ0n) is 11.6. The quantitative estimate of drug-likeness (QED) is 0.831. The third-order valence-electron chi connectivity index (χ3n) is 2.95. The minimum atomic E-state index is -3.52. The van der Waals surface area contributed by atoms with Crippen molar-refractivity contribution in [2.24, 2.45) is 0 Å². The molecule has 2 aromatic rings. The Kier molecular flexibility index (Phi) is 4.54. The second-order valence-corrected chi connectivity index (χ2v) is 6.44. The summed E-state index contributed by atoms with van der Waals surface area (Å²) in [6.45, 7) is 4.36. The van der Waals surface area contributed by atoms with Gasteiger partial charge in [-0.1, -0.05) is 47.5 Å². The molecule has 106 valence electrons. The van der Waals surface area contributed by atoms with Crippen molar-refractivity contribution in [3.05, 3.63) is 65.2 Å². The fourth-order valence-corrected chi connectivity index (χ4v) is 2.59. The maximum absolute atomic E-state index is 12.0. The Balaban J connectivity index is 1.96. The second-order valence-electron chi connectivity index (χ2n) is 4.76. The Morgan fingerprint density at radius 3 is 1.90 bits per heavy atom. The van der Waals surface area contributed by atoms with Crippen molar-refractivity contribution in [1.82, 2.24) is 10.3 Å². The number of nitrogens with one attached hydrogen (secondary N) is 2. The largest absolute Gasteiger partial charge is 0.253 e. The summed E-state index contributed by atoms with van der Waals surface area (Å²) in [5.41, 5.74) is 5.95. The lowest BCUT2D eigenvalue weighted by Crippen LogP contribution is -2.36. The molecule has 0 saturated heterocycles. The van der Waals surface area contributed by atoms with Gasteiger partial charge < -0.3 is 0 Å². The molecule has 0 saturated carbocycles. The number of hydrogen-bond donors (Lipinski definition) is 2. The van der Waals surface area contributed by atoms with E-state index in [-0.39, 0.29) is 4.90 Å². The van der Waals surface area contributed by atoms with Crippen molar-refractivity contribution < 1.29 is 8.42 Å². The van der Waals surface area contributed by atoms with Gasteiger partial charge in [-0.25, -0.2) is 13.8 Å². The van der Waals surface area contributed by atoms with Gasteiger partial charge in [-0.15, -0.1) is 4.83 Å². The van der Waals surface area contributed by atoms with Gasteiger partial charge in [0, 0.05) is 6.54 Å². The van der Waals surface area contributed by atoms with Gasteiger partial charge in [-0.2, -0.15) is 0 Å². The summed E-state index contributed by atoms with van der Waals surface area (Å²) in [4.78, 5) is 2.63. The van der Waals surface area contributed by atoms with E-state index in [0.717, 1.165) is 11.1 Å². The van der Waals surface area contributed by atoms with E-state index in [0.29, 0.717) is 6.54 Å². The SMILES string of the molecule is Cc1ccc(CNNS(=O)(=O)c2ccc(C)cc2)cc1. The van der Waals surface area contributed by atoms with Crippen LogP contribution in [0.1, 0.15) is 16.7 Å². The highest BCUT2D eigenvalue weighted by Gasteiger charge is 2.12. The Hall–Kier alpha value is -1.69. The lowest BCUT2D eigenvalue weighted by atomic mass is 10.2. The van der Waals surface area contributed by atoms with Crippen molar-refractivity contribution in [3.8, 4) is 0 Å². The van der Waals surface area contributed by atoms with E-state index in [1.165, 1.54) is 5.56 Å². The Morgan fingerprint density at radius 2 is 1.35 bits per heavy atom. The van der Waals surface area contributed by atoms with Crippen LogP contribution in [-0.2, 0) is 16.6 Å². The fourth-order valence-electron chi connectivity index (χ4n) is 1.72. The van der Waals surface area contributed by atoms with Crippen LogP contribution in [0.4, 0.5) is 0 Å². The summed E-state index contributed by atoms with van der Waals surface area (Å²) in [5, 5.41) is 0. The van der Waals surface area contributed by atoms with E-state index in [1.54, 1.807) is 24.3 Å². The number of hydrazine groups is 1. The van der Waals surface area contributed by atoms with E-state index < -0.39 is 10.0 Å². The number of aryl methyl sites for hydroxylation is 2. The molecule has 5 heteroatoms. The normalized spacial score (nSPS) is 11.5. The minimum Gasteiger partial charge on any atom is -0.239 e. The van der Waals surface area contributed by atoms with Crippen LogP contribution in [0.2, 0.25) is 0 Å². The van der Waals surface area contributed by atoms with Gasteiger partial charge in [-0.05, 0) is 31.5 Å². The van der Waals surface area contributed by atoms with Crippen LogP contribution in [0.25, 0.3) is 0 Å². The molecule has 2 rings (SSSR count). The van der Waals surface area contributed by atoms with E-state index >= 15 is 0 Å². The monoisotopic (exact) mass is 290 g/mol. The summed E-state index contributed by atoms with van der Waals surface area (Å²) < 4.78 is 24.0. The molecule has 2 aromatic carbocycles. The summed E-state index contributed by atoms with van der Waals surface area (Å²) in [5.74, 6) is 0. The molecule has 0 bridgehead atoms. The standard InChI is InChI=1S/C15H18N2O2S/c1-12-3-7-14(8-4-12)11-16-17-20(18,19)15-9-5-13(2)6-10-15/h3-10,16-17H,11H2,1-2H3. The summed E-state index contributed by atoms with van der Waals surface area (Å²) in [6.07, 6.45) is 0. The molecule has 0 aliphatic heterocycles. The molecule has 0 aliphatic carbocycles. The molecular formula is C15H18N2O2S. The van der Waals surface area contributed by atoms with Crippen LogP contribution in [-0.4, -0.2) is 8.42 Å². The van der Waals surface area contributed by atoms with Crippen molar-refractivity contribution in [2.45, 2.75) is 25.3 Å². The summed E-state index contributed by atoms with van der Waals surface area (Å²) >= 11 is 0. The van der Waals surface area contributed by atoms with Crippen LogP contribution in [0.5, 0.6) is 0 Å². The Labute approximate surface area is 119 Å². The molecule has 0 fully saturated rings. The van der Waals surface area contributed by atoms with E-state index in [9.17, 15) is 8.42 Å². The topological polar surface area (TPSA) is 58.2 Å². The highest BCUT2D eigenvalue weighted by Crippen LogP contribution is 2.09. The van der Waals surface area contributed by atoms with Crippen molar-refractivity contribution >= 4 is 10.0 Å². The van der Waals surface area contributed by atoms with E-state index in [4.69, 9.17) is 0 Å². The van der Waals surface area contributed by atoms with Crippen molar-refractivity contribution in [2.75, 3.05) is 0 Å². The van der Waals surface area contributed by atoms with Crippen LogP contribution in [0, 0.1) is 13.8 Å². The first-order chi connectivity index (χ1) is 9.47. The predicted octanol–water partition coefficient (Wildman–Crippen LogP) is 2.29. The van der Waals surface area contributed by atoms with Gasteiger partial charge in [0.05, 0.1) is 4.90 Å². The molecule has 4 nitrogen and oxygen atoms in total. The maximum Gasteiger partial charge on any atom is 0.253 e. The van der Waals surface area contributed by atoms with Gasteiger partial charge in [0.25, 0.3) is 10.0 Å². The number of hydrogen-bond acceptors (Lipinski definition) is 3. The highest BCUT2D eigenvalue weighted by molar-refractivity contribution is 7.89. The number of sulfonamides is 1. The number of benzene rings is 2. The third kappa shape index (κ3) is 3.90. The average molecular weight is 290 g/mol. The van der Waals surface area contributed by atoms with E-state index in [2.05, 4.69) is 10.3 Å². The lowest BCUT2D eigenvalue weighted by Gasteiger charge is -2.09. The van der Waals surface area contributed by atoms with E-state index in [1.807, 2.05) is 38.1 Å². The highest BCUT2D eigenvalue weighted by atomic mass is 32.2. The summed E-state index contributed by atoms with van der Waals surface area (Å²) in [6, 6.07) is 14.6. The minimum absolute atomic E-state index is 0.250. The molecule has 0 aromatic heterocycles. The predicted molar refractivity (Wildman–Crippen MR) is 79.5 cm³/mol. The van der Waals surface area contributed by atoms with Crippen LogP contribution >= 0.6 is 0 Å². The average Bonchev–Trinajstić information content (AvgIpc) is 2.41. The van der Waals surface area contributed by atoms with Crippen molar-refractivity contribution in [3.63, 3.8) is 0 Å². The zero-order chi connectivity index (χ0) is 14.6. The number of rotatable bonds is 5. The molecule has 2 N–H and O–H groups in total. The van der Waals surface area contributed by atoms with Gasteiger partial charge in [0.15, 0.2) is 0 Å². The van der Waals surface area contributed by atoms with Gasteiger partial charge in [-0.3, -0.25) is 0 Å². The maximum atomic E-state index is 12.0. The van der Waals surface area contributed by atoms with Crippen LogP contribution in [0.3, 0.4) is 0 Å². The zero-order valence-corrected chi connectivity index (χ0v) is 12.4. The smallest absolute Gasteiger partial charge is 0.239 e. The second kappa shape index (κ2) is 6.17. The Morgan fingerprint density at radius 1 is 0.850 bits per heavy atom. The van der Waals surface area contributed by atoms with Crippen LogP contribution in [0.15, 0.2) is 53.4 Å². The first kappa shape index (κ1) is 14.7. The van der Waals surface area contributed by atoms with Crippen molar-refractivity contribution in [1.29, 1.82) is 0 Å². The molecule has 0 amide bonds. The first-order valence-electron chi connectivity index (χ1n) is 6.34. The molecular weight excluding hydrogens is 272 g/mol. The van der Waals surface area contributed by atoms with Gasteiger partial charge in [0.1, 0.15) is 0 Å². The van der Waals surface area contributed by atoms with Crippen LogP contribution < -0.4 is 10.3 Å². The molecule has 20 heavy (non-hydrogen) atoms. The third-order valence-corrected chi connectivity index (χ3v) is 4.26. The molecule has 0 heterocycles. The molecule has 0 aliphatic rings. The first-order valence-corrected chi connectivity index (χ1v) is 7.82. The fraction of sp³-hybridized carbons (Fsp3) is 0.200. The molecule has 0 spiro atoms.